The second kappa shape index (κ2) is 5.15. The molecule has 2 rings (SSSR count). The maximum absolute atomic E-state index is 13.1. The van der Waals surface area contributed by atoms with Crippen LogP contribution in [0.25, 0.3) is 5.69 Å². The zero-order chi connectivity index (χ0) is 15.8. The number of carbonyl (C=O) groups excluding carboxylic acids is 1. The van der Waals surface area contributed by atoms with Crippen LogP contribution >= 0.6 is 0 Å². The molecule has 9 heteroatoms. The summed E-state index contributed by atoms with van der Waals surface area (Å²) in [6.45, 7) is 0. The van der Waals surface area contributed by atoms with Gasteiger partial charge in [0.05, 0.1) is 30.3 Å². The van der Waals surface area contributed by atoms with E-state index in [4.69, 9.17) is 13.6 Å². The molecule has 0 spiro atoms. The molecule has 0 unspecified atom stereocenters. The molecule has 0 saturated carbocycles. The smallest absolute Gasteiger partial charge is 0.418 e. The van der Waals surface area contributed by atoms with Crippen LogP contribution in [-0.2, 0) is 10.9 Å². The van der Waals surface area contributed by atoms with Gasteiger partial charge in [0, 0.05) is 17.5 Å². The normalized spacial score (nSPS) is 11.4. The number of aromatic nitrogens is 2. The van der Waals surface area contributed by atoms with Gasteiger partial charge in [0.15, 0.2) is 0 Å². The quantitative estimate of drug-likeness (QED) is 0.511. The lowest BCUT2D eigenvalue weighted by Crippen LogP contribution is -2.15. The molecule has 0 saturated heterocycles. The van der Waals surface area contributed by atoms with E-state index in [2.05, 4.69) is 9.72 Å². The van der Waals surface area contributed by atoms with E-state index in [1.165, 1.54) is 6.20 Å². The number of hydrogen-bond donors (Lipinski definition) is 1. The first-order valence-corrected chi connectivity index (χ1v) is 5.63. The summed E-state index contributed by atoms with van der Waals surface area (Å²) >= 11 is 0. The number of carbonyl (C=O) groups is 1. The summed E-state index contributed by atoms with van der Waals surface area (Å²) in [5.74, 6) is -0.837. The molecule has 108 valence electrons. The number of nitrogens with two attached hydrogens (primary N) is 1. The maximum Gasteiger partial charge on any atom is 0.418 e. The van der Waals surface area contributed by atoms with E-state index in [-0.39, 0.29) is 22.5 Å². The Morgan fingerprint density at radius 3 is 2.57 bits per heavy atom. The van der Waals surface area contributed by atoms with E-state index in [0.717, 1.165) is 24.1 Å². The maximum atomic E-state index is 13.1. The van der Waals surface area contributed by atoms with Crippen LogP contribution in [0, 0.1) is 0 Å². The first-order valence-electron chi connectivity index (χ1n) is 5.63. The molecule has 2 N–H and O–H groups in total. The number of halogens is 3. The molecule has 5 nitrogen and oxygen atoms in total. The van der Waals surface area contributed by atoms with Gasteiger partial charge in [-0.05, 0) is 12.1 Å². The lowest BCUT2D eigenvalue weighted by atomic mass is 10.0. The van der Waals surface area contributed by atoms with Gasteiger partial charge in [0.25, 0.3) is 0 Å². The third-order valence-corrected chi connectivity index (χ3v) is 2.76. The van der Waals surface area contributed by atoms with Crippen molar-refractivity contribution in [1.29, 1.82) is 0 Å². The van der Waals surface area contributed by atoms with Gasteiger partial charge in [-0.15, -0.1) is 0 Å². The number of esters is 1. The molecule has 0 amide bonds. The Morgan fingerprint density at radius 1 is 1.43 bits per heavy atom. The summed E-state index contributed by atoms with van der Waals surface area (Å²) in [5, 5.41) is 0. The van der Waals surface area contributed by atoms with Crippen molar-refractivity contribution in [2.45, 2.75) is 6.18 Å². The van der Waals surface area contributed by atoms with Crippen molar-refractivity contribution in [1.82, 2.24) is 9.55 Å². The number of methoxy groups -OCH3 is 1. The largest absolute Gasteiger partial charge is 0.465 e. The van der Waals surface area contributed by atoms with Gasteiger partial charge >= 0.3 is 12.1 Å². The Bertz CT molecular complexity index is 698. The SMILES string of the molecule is [B]c1cn(-c2cc(C(=O)OC)c(N)cc2C(F)(F)F)cn1. The molecule has 0 aliphatic carbocycles. The van der Waals surface area contributed by atoms with Gasteiger partial charge in [-0.25, -0.2) is 4.79 Å². The van der Waals surface area contributed by atoms with E-state index in [1.807, 2.05) is 0 Å². The second-order valence-electron chi connectivity index (χ2n) is 4.15. The van der Waals surface area contributed by atoms with E-state index in [0.29, 0.717) is 6.07 Å². The van der Waals surface area contributed by atoms with E-state index >= 15 is 0 Å². The highest BCUT2D eigenvalue weighted by Gasteiger charge is 2.35. The minimum atomic E-state index is -4.66. The van der Waals surface area contributed by atoms with Crippen LogP contribution < -0.4 is 11.3 Å². The average Bonchev–Trinajstić information content (AvgIpc) is 2.83. The highest BCUT2D eigenvalue weighted by molar-refractivity contribution is 6.30. The molecule has 2 aromatic rings. The molecule has 2 radical (unpaired) electrons. The van der Waals surface area contributed by atoms with Crippen molar-refractivity contribution in [3.05, 3.63) is 35.8 Å². The zero-order valence-electron chi connectivity index (χ0n) is 10.8. The van der Waals surface area contributed by atoms with Crippen LogP contribution in [0.5, 0.6) is 0 Å². The van der Waals surface area contributed by atoms with Gasteiger partial charge in [0.1, 0.15) is 7.85 Å². The fraction of sp³-hybridized carbons (Fsp3) is 0.167. The summed E-state index contributed by atoms with van der Waals surface area (Å²) in [7, 11) is 6.50. The standard InChI is InChI=1S/C12H9BF3N3O2/c1-21-11(20)6-2-9(19-4-10(13)18-5-19)7(3-8(6)17)12(14,15)16/h2-5H,17H2,1H3. The lowest BCUT2D eigenvalue weighted by Gasteiger charge is -2.16. The molecule has 1 aromatic carbocycles. The van der Waals surface area contributed by atoms with Crippen molar-refractivity contribution in [3.63, 3.8) is 0 Å². The van der Waals surface area contributed by atoms with Crippen molar-refractivity contribution >= 4 is 25.1 Å². The molecule has 1 heterocycles. The number of anilines is 1. The summed E-state index contributed by atoms with van der Waals surface area (Å²) in [4.78, 5) is 15.2. The van der Waals surface area contributed by atoms with Gasteiger partial charge in [-0.3, -0.25) is 4.98 Å². The number of alkyl halides is 3. The van der Waals surface area contributed by atoms with Crippen LogP contribution in [0.1, 0.15) is 15.9 Å². The molecule has 1 aromatic heterocycles. The molecule has 0 bridgehead atoms. The van der Waals surface area contributed by atoms with Crippen LogP contribution in [-0.4, -0.2) is 30.5 Å². The Labute approximate surface area is 118 Å². The van der Waals surface area contributed by atoms with Crippen molar-refractivity contribution in [2.75, 3.05) is 12.8 Å². The van der Waals surface area contributed by atoms with Gasteiger partial charge < -0.3 is 15.0 Å². The third-order valence-electron chi connectivity index (χ3n) is 2.76. The fourth-order valence-corrected chi connectivity index (χ4v) is 1.80. The summed E-state index contributed by atoms with van der Waals surface area (Å²) in [6, 6.07) is 1.67. The van der Waals surface area contributed by atoms with Crippen LogP contribution in [0.2, 0.25) is 0 Å². The summed E-state index contributed by atoms with van der Waals surface area (Å²) < 4.78 is 44.8. The molecule has 0 aliphatic rings. The number of rotatable bonds is 2. The van der Waals surface area contributed by atoms with Gasteiger partial charge in [0.2, 0.25) is 0 Å². The van der Waals surface area contributed by atoms with E-state index in [1.54, 1.807) is 0 Å². The number of nitrogens with zero attached hydrogens (tertiary/aromatic N) is 2. The van der Waals surface area contributed by atoms with Crippen LogP contribution in [0.15, 0.2) is 24.7 Å². The molecular formula is C12H9BF3N3O2. The van der Waals surface area contributed by atoms with Crippen molar-refractivity contribution in [2.24, 2.45) is 0 Å². The molecule has 21 heavy (non-hydrogen) atoms. The van der Waals surface area contributed by atoms with Gasteiger partial charge in [-0.1, -0.05) is 0 Å². The highest BCUT2D eigenvalue weighted by Crippen LogP contribution is 2.36. The summed E-state index contributed by atoms with van der Waals surface area (Å²) in [6.07, 6.45) is -2.35. The van der Waals surface area contributed by atoms with Gasteiger partial charge in [-0.2, -0.15) is 13.2 Å². The fourth-order valence-electron chi connectivity index (χ4n) is 1.80. The first-order chi connectivity index (χ1) is 9.74. The van der Waals surface area contributed by atoms with E-state index in [9.17, 15) is 18.0 Å². The predicted octanol–water partition coefficient (Wildman–Crippen LogP) is 1.05. The number of imidazole rings is 1. The van der Waals surface area contributed by atoms with Crippen LogP contribution in [0.3, 0.4) is 0 Å². The Morgan fingerprint density at radius 2 is 2.10 bits per heavy atom. The summed E-state index contributed by atoms with van der Waals surface area (Å²) in [5.41, 5.74) is 3.71. The topological polar surface area (TPSA) is 70.1 Å². The highest BCUT2D eigenvalue weighted by atomic mass is 19.4. The minimum absolute atomic E-state index is 0.0413. The number of nitrogen functional groups attached to an aromatic ring is 1. The number of ether oxygens (including phenoxy) is 1. The second-order valence-corrected chi connectivity index (χ2v) is 4.15. The molecule has 0 atom stereocenters. The van der Waals surface area contributed by atoms with Crippen molar-refractivity contribution in [3.8, 4) is 5.69 Å². The molecule has 0 aliphatic heterocycles. The first kappa shape index (κ1) is 15.0. The van der Waals surface area contributed by atoms with E-state index < -0.39 is 17.7 Å². The Kier molecular flexibility index (Phi) is 3.67. The lowest BCUT2D eigenvalue weighted by molar-refractivity contribution is -0.137. The Balaban J connectivity index is 2.72. The zero-order valence-corrected chi connectivity index (χ0v) is 10.8. The molecule has 0 fully saturated rings. The average molecular weight is 295 g/mol. The molecular weight excluding hydrogens is 286 g/mol. The van der Waals surface area contributed by atoms with Crippen molar-refractivity contribution < 1.29 is 22.7 Å². The third kappa shape index (κ3) is 2.86. The minimum Gasteiger partial charge on any atom is -0.465 e. The number of benzene rings is 1. The Hall–Kier alpha value is -2.45. The monoisotopic (exact) mass is 295 g/mol. The van der Waals surface area contributed by atoms with Crippen LogP contribution in [0.4, 0.5) is 18.9 Å². The predicted molar refractivity (Wildman–Crippen MR) is 69.7 cm³/mol. The number of hydrogen-bond acceptors (Lipinski definition) is 4.